The fourth-order valence-electron chi connectivity index (χ4n) is 5.55. The Bertz CT molecular complexity index is 985. The highest BCUT2D eigenvalue weighted by molar-refractivity contribution is 6.06. The van der Waals surface area contributed by atoms with E-state index in [2.05, 4.69) is 33.1 Å². The van der Waals surface area contributed by atoms with E-state index in [1.165, 1.54) is 4.90 Å². The Morgan fingerprint density at radius 1 is 1.09 bits per heavy atom. The van der Waals surface area contributed by atoms with Gasteiger partial charge in [0.05, 0.1) is 11.8 Å². The molecule has 8 heteroatoms. The van der Waals surface area contributed by atoms with Crippen LogP contribution in [0.2, 0.25) is 0 Å². The topological polar surface area (TPSA) is 103 Å². The van der Waals surface area contributed by atoms with Crippen molar-refractivity contribution in [3.8, 4) is 0 Å². The number of hydrogen-bond donors (Lipinski definition) is 3. The molecule has 0 radical (unpaired) electrons. The van der Waals surface area contributed by atoms with Crippen LogP contribution < -0.4 is 16.0 Å². The molecule has 1 aliphatic heterocycles. The maximum atomic E-state index is 12.8. The molecular weight excluding hydrogens is 418 g/mol. The van der Waals surface area contributed by atoms with E-state index in [1.807, 2.05) is 24.3 Å². The zero-order chi connectivity index (χ0) is 22.9. The quantitative estimate of drug-likeness (QED) is 0.255. The van der Waals surface area contributed by atoms with E-state index in [-0.39, 0.29) is 47.3 Å². The van der Waals surface area contributed by atoms with Crippen molar-refractivity contribution in [2.45, 2.75) is 32.2 Å². The fourth-order valence-corrected chi connectivity index (χ4v) is 5.55. The van der Waals surface area contributed by atoms with E-state index in [0.717, 1.165) is 36.9 Å². The lowest BCUT2D eigenvalue weighted by atomic mass is 9.85. The van der Waals surface area contributed by atoms with E-state index in [4.69, 9.17) is 0 Å². The van der Waals surface area contributed by atoms with Gasteiger partial charge in [-0.25, -0.2) is 0 Å². The fraction of sp³-hybridized carbons (Fsp3) is 0.520. The number of aliphatic imine (C=N–C) groups is 1. The predicted octanol–water partition coefficient (Wildman–Crippen LogP) is 1.90. The minimum absolute atomic E-state index is 0.0210. The first kappa shape index (κ1) is 21.7. The molecule has 1 aromatic rings. The molecule has 33 heavy (non-hydrogen) atoms. The molecule has 5 rings (SSSR count). The summed E-state index contributed by atoms with van der Waals surface area (Å²) in [5, 5.41) is 9.45. The van der Waals surface area contributed by atoms with Crippen LogP contribution in [0.1, 0.15) is 31.2 Å². The van der Waals surface area contributed by atoms with Crippen LogP contribution in [0.4, 0.5) is 5.69 Å². The van der Waals surface area contributed by atoms with Gasteiger partial charge in [-0.2, -0.15) is 0 Å². The van der Waals surface area contributed by atoms with Crippen molar-refractivity contribution >= 4 is 29.4 Å². The Labute approximate surface area is 193 Å². The lowest BCUT2D eigenvalue weighted by molar-refractivity contribution is -0.140. The summed E-state index contributed by atoms with van der Waals surface area (Å²) in [5.41, 5.74) is 1.82. The minimum Gasteiger partial charge on any atom is -0.355 e. The number of hydrogen-bond acceptors (Lipinski definition) is 4. The number of carbonyl (C=O) groups is 3. The molecule has 2 saturated carbocycles. The van der Waals surface area contributed by atoms with Crippen LogP contribution in [-0.4, -0.2) is 48.7 Å². The molecule has 174 valence electrons. The summed E-state index contributed by atoms with van der Waals surface area (Å²) in [4.78, 5) is 43.4. The maximum absolute atomic E-state index is 12.8. The molecular formula is C25H31N5O3. The van der Waals surface area contributed by atoms with Crippen LogP contribution in [0.25, 0.3) is 0 Å². The van der Waals surface area contributed by atoms with E-state index in [1.54, 1.807) is 7.05 Å². The summed E-state index contributed by atoms with van der Waals surface area (Å²) in [6.45, 7) is 1.32. The van der Waals surface area contributed by atoms with Crippen molar-refractivity contribution in [3.05, 3.63) is 42.0 Å². The third-order valence-electron chi connectivity index (χ3n) is 7.54. The van der Waals surface area contributed by atoms with Crippen LogP contribution in [0.5, 0.6) is 0 Å². The lowest BCUT2D eigenvalue weighted by Gasteiger charge is -2.24. The van der Waals surface area contributed by atoms with E-state index in [9.17, 15) is 14.4 Å². The number of anilines is 1. The highest BCUT2D eigenvalue weighted by Crippen LogP contribution is 2.52. The number of nitrogens with one attached hydrogen (secondary N) is 3. The third-order valence-corrected chi connectivity index (χ3v) is 7.54. The first-order valence-corrected chi connectivity index (χ1v) is 11.9. The molecule has 0 spiro atoms. The molecule has 1 saturated heterocycles. The Morgan fingerprint density at radius 2 is 1.82 bits per heavy atom. The van der Waals surface area contributed by atoms with E-state index in [0.29, 0.717) is 25.6 Å². The minimum atomic E-state index is -0.151. The van der Waals surface area contributed by atoms with Crippen LogP contribution in [0.3, 0.4) is 0 Å². The third kappa shape index (κ3) is 4.14. The van der Waals surface area contributed by atoms with Gasteiger partial charge in [0.2, 0.25) is 17.7 Å². The van der Waals surface area contributed by atoms with Gasteiger partial charge in [-0.05, 0) is 48.8 Å². The van der Waals surface area contributed by atoms with E-state index >= 15 is 0 Å². The van der Waals surface area contributed by atoms with Gasteiger partial charge in [0.1, 0.15) is 0 Å². The van der Waals surface area contributed by atoms with Gasteiger partial charge in [0.25, 0.3) is 0 Å². The molecule has 4 unspecified atom stereocenters. The molecule has 2 bridgehead atoms. The number of rotatable bonds is 7. The summed E-state index contributed by atoms with van der Waals surface area (Å²) in [5.74, 6) is 0.970. The normalized spacial score (nSPS) is 28.2. The molecule has 3 fully saturated rings. The summed E-state index contributed by atoms with van der Waals surface area (Å²) in [6, 6.07) is 7.77. The maximum Gasteiger partial charge on any atom is 0.233 e. The summed E-state index contributed by atoms with van der Waals surface area (Å²) < 4.78 is 0. The number of guanidine groups is 1. The van der Waals surface area contributed by atoms with Crippen LogP contribution in [0, 0.1) is 29.6 Å². The molecule has 1 aromatic carbocycles. The van der Waals surface area contributed by atoms with Crippen molar-refractivity contribution in [1.29, 1.82) is 0 Å². The highest BCUT2D eigenvalue weighted by Gasteiger charge is 2.58. The number of allylic oxidation sites excluding steroid dienone is 2. The van der Waals surface area contributed by atoms with Gasteiger partial charge < -0.3 is 16.0 Å². The van der Waals surface area contributed by atoms with Crippen molar-refractivity contribution in [1.82, 2.24) is 15.5 Å². The zero-order valence-electron chi connectivity index (χ0n) is 18.9. The first-order chi connectivity index (χ1) is 16.0. The Balaban J connectivity index is 1.09. The average Bonchev–Trinajstić information content (AvgIpc) is 3.44. The van der Waals surface area contributed by atoms with Crippen molar-refractivity contribution in [2.75, 3.05) is 25.5 Å². The number of fused-ring (bicyclic) bond motifs is 5. The number of benzene rings is 1. The Hall–Kier alpha value is -3.16. The van der Waals surface area contributed by atoms with E-state index < -0.39 is 0 Å². The van der Waals surface area contributed by atoms with Gasteiger partial charge >= 0.3 is 0 Å². The molecule has 3 amide bonds. The molecule has 4 aliphatic rings. The number of nitrogens with zero attached hydrogens (tertiary/aromatic N) is 2. The Morgan fingerprint density at radius 3 is 2.45 bits per heavy atom. The van der Waals surface area contributed by atoms with Gasteiger partial charge in [0, 0.05) is 38.3 Å². The standard InChI is InChI=1S/C25H31N5O3/c1-26-25(28-14-15-4-2-7-19(12-15)29-22(31)16-5-3-6-16)27-10-11-30-23(32)20-17-8-9-18(13-17)21(20)24(30)33/h2,4,7-9,12,16-18,20-21H,3,5-6,10-11,13-14H2,1H3,(H,29,31)(H2,26,27,28). The highest BCUT2D eigenvalue weighted by atomic mass is 16.2. The molecule has 8 nitrogen and oxygen atoms in total. The largest absolute Gasteiger partial charge is 0.355 e. The van der Waals surface area contributed by atoms with Crippen molar-refractivity contribution < 1.29 is 14.4 Å². The monoisotopic (exact) mass is 449 g/mol. The second-order valence-electron chi connectivity index (χ2n) is 9.50. The van der Waals surface area contributed by atoms with Crippen LogP contribution >= 0.6 is 0 Å². The average molecular weight is 450 g/mol. The van der Waals surface area contributed by atoms with Gasteiger partial charge in [-0.15, -0.1) is 0 Å². The lowest BCUT2D eigenvalue weighted by Crippen LogP contribution is -2.43. The summed E-state index contributed by atoms with van der Waals surface area (Å²) >= 11 is 0. The summed E-state index contributed by atoms with van der Waals surface area (Å²) in [6.07, 6.45) is 8.25. The first-order valence-electron chi connectivity index (χ1n) is 11.9. The zero-order valence-corrected chi connectivity index (χ0v) is 18.9. The molecule has 3 aliphatic carbocycles. The van der Waals surface area contributed by atoms with Gasteiger partial charge in [-0.3, -0.25) is 24.3 Å². The number of carbonyl (C=O) groups excluding carboxylic acids is 3. The van der Waals surface area contributed by atoms with Crippen LogP contribution in [-0.2, 0) is 20.9 Å². The predicted molar refractivity (Wildman–Crippen MR) is 125 cm³/mol. The second kappa shape index (κ2) is 9.00. The molecule has 0 aromatic heterocycles. The smallest absolute Gasteiger partial charge is 0.233 e. The summed E-state index contributed by atoms with van der Waals surface area (Å²) in [7, 11) is 1.69. The molecule has 1 heterocycles. The molecule has 4 atom stereocenters. The number of imide groups is 1. The SMILES string of the molecule is CN=C(NCCN1C(=O)C2C3C=CC(C3)C2C1=O)NCc1cccc(NC(=O)C2CCC2)c1. The molecule has 3 N–H and O–H groups in total. The van der Waals surface area contributed by atoms with Crippen molar-refractivity contribution in [3.63, 3.8) is 0 Å². The number of amides is 3. The Kier molecular flexibility index (Phi) is 5.91. The van der Waals surface area contributed by atoms with Crippen LogP contribution in [0.15, 0.2) is 41.4 Å². The number of likely N-dealkylation sites (tertiary alicyclic amines) is 1. The van der Waals surface area contributed by atoms with Gasteiger partial charge in [-0.1, -0.05) is 30.7 Å². The van der Waals surface area contributed by atoms with Gasteiger partial charge in [0.15, 0.2) is 5.96 Å². The van der Waals surface area contributed by atoms with Crippen molar-refractivity contribution in [2.24, 2.45) is 34.6 Å². The second-order valence-corrected chi connectivity index (χ2v) is 9.50.